The quantitative estimate of drug-likeness (QED) is 0.483. The van der Waals surface area contributed by atoms with Crippen LogP contribution in [0, 0.1) is 0 Å². The van der Waals surface area contributed by atoms with E-state index in [2.05, 4.69) is 11.6 Å². The molecule has 0 aromatic heterocycles. The maximum atomic E-state index is 5.53. The molecule has 4 heteroatoms. The van der Waals surface area contributed by atoms with Gasteiger partial charge < -0.3 is 4.74 Å². The first-order valence-electron chi connectivity index (χ1n) is 2.82. The second-order valence-electron chi connectivity index (χ2n) is 1.50. The van der Waals surface area contributed by atoms with Gasteiger partial charge in [0.25, 0.3) is 0 Å². The minimum Gasteiger partial charge on any atom is -0.374 e. The molecule has 0 unspecified atom stereocenters. The number of halogens is 2. The van der Waals surface area contributed by atoms with Gasteiger partial charge >= 0.3 is 0 Å². The molecule has 0 aliphatic heterocycles. The number of ether oxygens (including phenoxy) is 1. The van der Waals surface area contributed by atoms with E-state index in [1.807, 2.05) is 6.92 Å². The summed E-state index contributed by atoms with van der Waals surface area (Å²) in [5, 5.41) is 0.492. The lowest BCUT2D eigenvalue weighted by Gasteiger charge is -1.96. The summed E-state index contributed by atoms with van der Waals surface area (Å²) < 4.78 is 4.93. The molecule has 0 N–H and O–H groups in total. The zero-order valence-corrected chi connectivity index (χ0v) is 7.24. The van der Waals surface area contributed by atoms with Crippen molar-refractivity contribution in [2.24, 2.45) is 4.99 Å². The summed E-state index contributed by atoms with van der Waals surface area (Å²) in [4.78, 5) is 3.64. The van der Waals surface area contributed by atoms with Gasteiger partial charge in [0.2, 0.25) is 0 Å². The Kier molecular flexibility index (Phi) is 5.69. The van der Waals surface area contributed by atoms with Crippen LogP contribution in [0.3, 0.4) is 0 Å². The summed E-state index contributed by atoms with van der Waals surface area (Å²) in [6.45, 7) is 6.12. The zero-order valence-electron chi connectivity index (χ0n) is 5.73. The van der Waals surface area contributed by atoms with Crippen LogP contribution in [0.15, 0.2) is 16.7 Å². The Balaban J connectivity index is 3.60. The molecule has 0 saturated heterocycles. The third-order valence-corrected chi connectivity index (χ3v) is 0.946. The third kappa shape index (κ3) is 6.08. The number of nitrogens with zero attached hydrogens (tertiary/aromatic N) is 1. The molecule has 0 aromatic rings. The fourth-order valence-corrected chi connectivity index (χ4v) is 0.675. The Hall–Kier alpha value is -0.0500. The molecule has 0 aliphatic rings. The van der Waals surface area contributed by atoms with Crippen molar-refractivity contribution >= 4 is 28.4 Å². The summed E-state index contributed by atoms with van der Waals surface area (Å²) in [6, 6.07) is 0. The highest BCUT2D eigenvalue weighted by Crippen LogP contribution is 2.00. The van der Waals surface area contributed by atoms with Gasteiger partial charge in [0.15, 0.2) is 0 Å². The minimum atomic E-state index is 0.171. The van der Waals surface area contributed by atoms with E-state index in [1.165, 1.54) is 0 Å². The molecular weight excluding hydrogens is 173 g/mol. The predicted molar refractivity (Wildman–Crippen MR) is 44.8 cm³/mol. The smallest absolute Gasteiger partial charge is 0.133 e. The first-order valence-corrected chi connectivity index (χ1v) is 3.57. The van der Waals surface area contributed by atoms with Gasteiger partial charge in [-0.1, -0.05) is 29.8 Å². The van der Waals surface area contributed by atoms with E-state index in [0.717, 1.165) is 0 Å². The fraction of sp³-hybridized carbons (Fsp3) is 0.500. The van der Waals surface area contributed by atoms with Crippen molar-refractivity contribution in [1.82, 2.24) is 0 Å². The topological polar surface area (TPSA) is 21.6 Å². The zero-order chi connectivity index (χ0) is 7.98. The highest BCUT2D eigenvalue weighted by molar-refractivity contribution is 6.66. The monoisotopic (exact) mass is 181 g/mol. The van der Waals surface area contributed by atoms with E-state index in [0.29, 0.717) is 18.4 Å². The van der Waals surface area contributed by atoms with Crippen molar-refractivity contribution in [3.05, 3.63) is 11.7 Å². The van der Waals surface area contributed by atoms with Gasteiger partial charge in [-0.05, 0) is 6.92 Å². The molecule has 0 aliphatic carbocycles. The number of hydrogen-bond acceptors (Lipinski definition) is 2. The largest absolute Gasteiger partial charge is 0.374 e. The molecule has 0 amide bonds. The molecule has 0 fully saturated rings. The van der Waals surface area contributed by atoms with Crippen LogP contribution < -0.4 is 0 Å². The van der Waals surface area contributed by atoms with Gasteiger partial charge in [0.1, 0.15) is 10.3 Å². The van der Waals surface area contributed by atoms with Crippen LogP contribution in [0.5, 0.6) is 0 Å². The summed E-state index contributed by atoms with van der Waals surface area (Å²) in [7, 11) is 0. The first kappa shape index (κ1) is 9.95. The highest BCUT2D eigenvalue weighted by atomic mass is 35.5. The summed E-state index contributed by atoms with van der Waals surface area (Å²) in [5.41, 5.74) is 0. The van der Waals surface area contributed by atoms with Gasteiger partial charge in [-0.3, -0.25) is 0 Å². The van der Waals surface area contributed by atoms with E-state index >= 15 is 0 Å². The van der Waals surface area contributed by atoms with Gasteiger partial charge in [0.05, 0.1) is 6.61 Å². The van der Waals surface area contributed by atoms with Gasteiger partial charge in [0, 0.05) is 6.61 Å². The van der Waals surface area contributed by atoms with Crippen LogP contribution >= 0.6 is 23.2 Å². The molecule has 0 bridgehead atoms. The number of rotatable bonds is 4. The van der Waals surface area contributed by atoms with Crippen LogP contribution in [0.1, 0.15) is 6.92 Å². The van der Waals surface area contributed by atoms with Crippen molar-refractivity contribution in [2.45, 2.75) is 6.92 Å². The normalized spacial score (nSPS) is 11.7. The Morgan fingerprint density at radius 2 is 2.20 bits per heavy atom. The van der Waals surface area contributed by atoms with Crippen LogP contribution in [-0.4, -0.2) is 18.4 Å². The van der Waals surface area contributed by atoms with Gasteiger partial charge in [-0.15, -0.1) is 0 Å². The van der Waals surface area contributed by atoms with Crippen LogP contribution in [0.2, 0.25) is 0 Å². The first-order chi connectivity index (χ1) is 4.66. The molecule has 0 aromatic carbocycles. The molecule has 58 valence electrons. The van der Waals surface area contributed by atoms with Crippen molar-refractivity contribution in [3.63, 3.8) is 0 Å². The third-order valence-electron chi connectivity index (χ3n) is 0.668. The number of aliphatic imine (C=N–C) groups is 1. The second kappa shape index (κ2) is 5.71. The lowest BCUT2D eigenvalue weighted by molar-refractivity contribution is 0.189. The molecular formula is C6H9Cl2NO. The van der Waals surface area contributed by atoms with Crippen LogP contribution in [0.4, 0.5) is 0 Å². The SMILES string of the molecule is C=C(Cl)/N=C(/Cl)COCC. The number of hydrogen-bond donors (Lipinski definition) is 0. The standard InChI is InChI=1S/C6H9Cl2NO/c1-3-10-4-6(8)9-5(2)7/h2-4H2,1H3/b9-6+. The van der Waals surface area contributed by atoms with Crippen LogP contribution in [0.25, 0.3) is 0 Å². The molecule has 0 spiro atoms. The maximum absolute atomic E-state index is 5.53. The Bertz CT molecular complexity index is 145. The Morgan fingerprint density at radius 1 is 1.60 bits per heavy atom. The van der Waals surface area contributed by atoms with Crippen molar-refractivity contribution in [1.29, 1.82) is 0 Å². The highest BCUT2D eigenvalue weighted by Gasteiger charge is 1.92. The van der Waals surface area contributed by atoms with E-state index < -0.39 is 0 Å². The van der Waals surface area contributed by atoms with Gasteiger partial charge in [-0.2, -0.15) is 0 Å². The molecule has 0 heterocycles. The molecule has 0 rings (SSSR count). The molecule has 0 atom stereocenters. The Labute approximate surface area is 70.5 Å². The lowest BCUT2D eigenvalue weighted by Crippen LogP contribution is -2.01. The van der Waals surface area contributed by atoms with Crippen molar-refractivity contribution in [2.75, 3.05) is 13.2 Å². The minimum absolute atomic E-state index is 0.171. The summed E-state index contributed by atoms with van der Waals surface area (Å²) in [5.74, 6) is 0. The summed E-state index contributed by atoms with van der Waals surface area (Å²) >= 11 is 10.9. The van der Waals surface area contributed by atoms with E-state index in [4.69, 9.17) is 27.9 Å². The van der Waals surface area contributed by atoms with E-state index in [1.54, 1.807) is 0 Å². The lowest BCUT2D eigenvalue weighted by atomic mass is 10.7. The molecule has 10 heavy (non-hydrogen) atoms. The van der Waals surface area contributed by atoms with E-state index in [-0.39, 0.29) is 5.16 Å². The van der Waals surface area contributed by atoms with Crippen molar-refractivity contribution < 1.29 is 4.74 Å². The van der Waals surface area contributed by atoms with Crippen LogP contribution in [-0.2, 0) is 4.74 Å². The van der Waals surface area contributed by atoms with Gasteiger partial charge in [-0.25, -0.2) is 4.99 Å². The Morgan fingerprint density at radius 3 is 2.60 bits per heavy atom. The maximum Gasteiger partial charge on any atom is 0.133 e. The van der Waals surface area contributed by atoms with Crippen molar-refractivity contribution in [3.8, 4) is 0 Å². The summed E-state index contributed by atoms with van der Waals surface area (Å²) in [6.07, 6.45) is 0. The molecule has 2 nitrogen and oxygen atoms in total. The average molecular weight is 182 g/mol. The second-order valence-corrected chi connectivity index (χ2v) is 2.37. The average Bonchev–Trinajstić information content (AvgIpc) is 1.82. The fourth-order valence-electron chi connectivity index (χ4n) is 0.350. The molecule has 0 saturated carbocycles. The van der Waals surface area contributed by atoms with E-state index in [9.17, 15) is 0 Å². The molecule has 0 radical (unpaired) electrons. The predicted octanol–water partition coefficient (Wildman–Crippen LogP) is 2.37.